The van der Waals surface area contributed by atoms with E-state index in [2.05, 4.69) is 12.2 Å². The first-order chi connectivity index (χ1) is 9.47. The lowest BCUT2D eigenvalue weighted by Crippen LogP contribution is -2.60. The van der Waals surface area contributed by atoms with Gasteiger partial charge in [-0.25, -0.2) is 0 Å². The van der Waals surface area contributed by atoms with Crippen molar-refractivity contribution >= 4 is 11.8 Å². The summed E-state index contributed by atoms with van der Waals surface area (Å²) in [6, 6.07) is -0.332. The summed E-state index contributed by atoms with van der Waals surface area (Å²) in [5.41, 5.74) is 0. The molecule has 1 heterocycles. The Morgan fingerprint density at radius 3 is 2.70 bits per heavy atom. The predicted molar refractivity (Wildman–Crippen MR) is 79.1 cm³/mol. The van der Waals surface area contributed by atoms with Crippen LogP contribution in [0.3, 0.4) is 0 Å². The summed E-state index contributed by atoms with van der Waals surface area (Å²) < 4.78 is 0. The number of nitrogens with one attached hydrogen (secondary N) is 1. The van der Waals surface area contributed by atoms with Gasteiger partial charge in [0.2, 0.25) is 11.8 Å². The summed E-state index contributed by atoms with van der Waals surface area (Å²) in [7, 11) is 0. The highest BCUT2D eigenvalue weighted by Gasteiger charge is 2.34. The second-order valence-electron chi connectivity index (χ2n) is 6.98. The Kier molecular flexibility index (Phi) is 5.06. The molecule has 4 nitrogen and oxygen atoms in total. The molecule has 2 amide bonds. The summed E-state index contributed by atoms with van der Waals surface area (Å²) in [5, 5.41) is 2.81. The Morgan fingerprint density at radius 1 is 1.30 bits per heavy atom. The van der Waals surface area contributed by atoms with Gasteiger partial charge in [-0.15, -0.1) is 0 Å². The van der Waals surface area contributed by atoms with Crippen molar-refractivity contribution in [1.29, 1.82) is 0 Å². The van der Waals surface area contributed by atoms with Crippen molar-refractivity contribution in [1.82, 2.24) is 10.2 Å². The van der Waals surface area contributed by atoms with E-state index >= 15 is 0 Å². The van der Waals surface area contributed by atoms with Gasteiger partial charge >= 0.3 is 0 Å². The van der Waals surface area contributed by atoms with Crippen molar-refractivity contribution in [2.75, 3.05) is 13.1 Å². The van der Waals surface area contributed by atoms with Gasteiger partial charge < -0.3 is 10.2 Å². The summed E-state index contributed by atoms with van der Waals surface area (Å²) in [4.78, 5) is 25.9. The van der Waals surface area contributed by atoms with Crippen LogP contribution in [0.1, 0.15) is 52.9 Å². The standard InChI is InChI=1S/C16H28N2O2/c1-11(2)15-16(20)18(10-14(19)17-15)8-7-13-6-4-5-12(3)9-13/h11-13,15H,4-10H2,1-3H3,(H,17,19). The van der Waals surface area contributed by atoms with E-state index in [9.17, 15) is 9.59 Å². The van der Waals surface area contributed by atoms with Gasteiger partial charge in [-0.2, -0.15) is 0 Å². The number of piperazine rings is 1. The van der Waals surface area contributed by atoms with Gasteiger partial charge in [-0.05, 0) is 30.6 Å². The highest BCUT2D eigenvalue weighted by molar-refractivity contribution is 5.94. The molecule has 0 bridgehead atoms. The fraction of sp³-hybridized carbons (Fsp3) is 0.875. The van der Waals surface area contributed by atoms with Crippen LogP contribution < -0.4 is 5.32 Å². The highest BCUT2D eigenvalue weighted by Crippen LogP contribution is 2.30. The Hall–Kier alpha value is -1.06. The number of rotatable bonds is 4. The van der Waals surface area contributed by atoms with Crippen molar-refractivity contribution < 1.29 is 9.59 Å². The van der Waals surface area contributed by atoms with E-state index in [4.69, 9.17) is 0 Å². The fourth-order valence-corrected chi connectivity index (χ4v) is 3.53. The molecule has 2 rings (SSSR count). The molecule has 3 atom stereocenters. The minimum atomic E-state index is -0.332. The van der Waals surface area contributed by atoms with Crippen molar-refractivity contribution in [2.24, 2.45) is 17.8 Å². The quantitative estimate of drug-likeness (QED) is 0.858. The summed E-state index contributed by atoms with van der Waals surface area (Å²) in [6.45, 7) is 7.27. The van der Waals surface area contributed by atoms with Crippen LogP contribution in [-0.2, 0) is 9.59 Å². The van der Waals surface area contributed by atoms with E-state index in [0.29, 0.717) is 0 Å². The molecule has 4 heteroatoms. The van der Waals surface area contributed by atoms with Crippen molar-refractivity contribution in [3.8, 4) is 0 Å². The first-order valence-corrected chi connectivity index (χ1v) is 8.05. The topological polar surface area (TPSA) is 49.4 Å². The van der Waals surface area contributed by atoms with Gasteiger partial charge in [-0.1, -0.05) is 40.0 Å². The predicted octanol–water partition coefficient (Wildman–Crippen LogP) is 2.19. The molecule has 20 heavy (non-hydrogen) atoms. The molecule has 3 unspecified atom stereocenters. The number of carbonyl (C=O) groups is 2. The second kappa shape index (κ2) is 6.59. The SMILES string of the molecule is CC1CCCC(CCN2CC(=O)NC(C(C)C)C2=O)C1. The van der Waals surface area contributed by atoms with E-state index < -0.39 is 0 Å². The lowest BCUT2D eigenvalue weighted by atomic mass is 9.81. The van der Waals surface area contributed by atoms with Gasteiger partial charge in [0.1, 0.15) is 6.04 Å². The third kappa shape index (κ3) is 3.74. The van der Waals surface area contributed by atoms with Crippen LogP contribution in [0.2, 0.25) is 0 Å². The molecule has 1 N–H and O–H groups in total. The maximum Gasteiger partial charge on any atom is 0.245 e. The summed E-state index contributed by atoms with van der Waals surface area (Å²) in [5.74, 6) is 1.79. The first kappa shape index (κ1) is 15.3. The van der Waals surface area contributed by atoms with E-state index in [0.717, 1.165) is 24.8 Å². The Morgan fingerprint density at radius 2 is 2.05 bits per heavy atom. The van der Waals surface area contributed by atoms with Crippen molar-refractivity contribution in [3.63, 3.8) is 0 Å². The maximum absolute atomic E-state index is 12.4. The van der Waals surface area contributed by atoms with Gasteiger partial charge in [0.25, 0.3) is 0 Å². The monoisotopic (exact) mass is 280 g/mol. The number of carbonyl (C=O) groups excluding carboxylic acids is 2. The van der Waals surface area contributed by atoms with Crippen LogP contribution >= 0.6 is 0 Å². The fourth-order valence-electron chi connectivity index (χ4n) is 3.53. The molecule has 2 aliphatic rings. The zero-order chi connectivity index (χ0) is 14.7. The number of amides is 2. The van der Waals surface area contributed by atoms with E-state index in [1.165, 1.54) is 25.7 Å². The van der Waals surface area contributed by atoms with Gasteiger partial charge in [-0.3, -0.25) is 9.59 Å². The lowest BCUT2D eigenvalue weighted by Gasteiger charge is -2.36. The third-order valence-corrected chi connectivity index (χ3v) is 4.75. The maximum atomic E-state index is 12.4. The molecular formula is C16H28N2O2. The Balaban J connectivity index is 1.87. The van der Waals surface area contributed by atoms with E-state index in [1.54, 1.807) is 4.90 Å². The molecule has 2 fully saturated rings. The van der Waals surface area contributed by atoms with E-state index in [-0.39, 0.29) is 30.3 Å². The molecule has 0 aromatic rings. The molecular weight excluding hydrogens is 252 g/mol. The smallest absolute Gasteiger partial charge is 0.245 e. The van der Waals surface area contributed by atoms with Crippen LogP contribution in [0, 0.1) is 17.8 Å². The second-order valence-corrected chi connectivity index (χ2v) is 6.98. The van der Waals surface area contributed by atoms with Crippen molar-refractivity contribution in [3.05, 3.63) is 0 Å². The molecule has 0 aromatic carbocycles. The van der Waals surface area contributed by atoms with Crippen LogP contribution in [0.4, 0.5) is 0 Å². The van der Waals surface area contributed by atoms with Crippen LogP contribution in [0.15, 0.2) is 0 Å². The number of hydrogen-bond donors (Lipinski definition) is 1. The summed E-state index contributed by atoms with van der Waals surface area (Å²) >= 11 is 0. The Labute approximate surface area is 122 Å². The molecule has 114 valence electrons. The largest absolute Gasteiger partial charge is 0.343 e. The molecule has 0 aromatic heterocycles. The van der Waals surface area contributed by atoms with Crippen LogP contribution in [0.25, 0.3) is 0 Å². The van der Waals surface area contributed by atoms with Gasteiger partial charge in [0, 0.05) is 6.54 Å². The molecule has 1 saturated heterocycles. The van der Waals surface area contributed by atoms with Gasteiger partial charge in [0.15, 0.2) is 0 Å². The molecule has 0 spiro atoms. The lowest BCUT2D eigenvalue weighted by molar-refractivity contribution is -0.145. The zero-order valence-electron chi connectivity index (χ0n) is 13.0. The van der Waals surface area contributed by atoms with Gasteiger partial charge in [0.05, 0.1) is 6.54 Å². The molecule has 0 radical (unpaired) electrons. The van der Waals surface area contributed by atoms with Crippen LogP contribution in [0.5, 0.6) is 0 Å². The van der Waals surface area contributed by atoms with Crippen molar-refractivity contribution in [2.45, 2.75) is 58.9 Å². The zero-order valence-corrected chi connectivity index (χ0v) is 13.0. The highest BCUT2D eigenvalue weighted by atomic mass is 16.2. The minimum absolute atomic E-state index is 0.0136. The number of hydrogen-bond acceptors (Lipinski definition) is 2. The summed E-state index contributed by atoms with van der Waals surface area (Å²) in [6.07, 6.45) is 6.27. The minimum Gasteiger partial charge on any atom is -0.343 e. The normalized spacial score (nSPS) is 31.6. The van der Waals surface area contributed by atoms with Crippen LogP contribution in [-0.4, -0.2) is 35.8 Å². The molecule has 1 saturated carbocycles. The molecule has 1 aliphatic heterocycles. The first-order valence-electron chi connectivity index (χ1n) is 8.05. The number of nitrogens with zero attached hydrogens (tertiary/aromatic N) is 1. The average molecular weight is 280 g/mol. The molecule has 1 aliphatic carbocycles. The third-order valence-electron chi connectivity index (χ3n) is 4.75. The Bertz CT molecular complexity index is 367. The van der Waals surface area contributed by atoms with E-state index in [1.807, 2.05) is 13.8 Å². The average Bonchev–Trinajstić information content (AvgIpc) is 2.39.